The predicted molar refractivity (Wildman–Crippen MR) is 80.1 cm³/mol. The van der Waals surface area contributed by atoms with Crippen LogP contribution in [0.3, 0.4) is 0 Å². The molecule has 0 saturated carbocycles. The summed E-state index contributed by atoms with van der Waals surface area (Å²) in [5.41, 5.74) is 3.83. The highest BCUT2D eigenvalue weighted by Crippen LogP contribution is 2.20. The number of rotatable bonds is 5. The molecule has 0 aliphatic carbocycles. The van der Waals surface area contributed by atoms with Crippen LogP contribution in [0.2, 0.25) is 0 Å². The lowest BCUT2D eigenvalue weighted by Crippen LogP contribution is -2.22. The van der Waals surface area contributed by atoms with Crippen LogP contribution in [0.15, 0.2) is 18.2 Å². The molecule has 1 aliphatic heterocycles. The average Bonchev–Trinajstić information content (AvgIpc) is 2.46. The first-order valence-electron chi connectivity index (χ1n) is 6.29. The molecule has 1 fully saturated rings. The Morgan fingerprint density at radius 2 is 2.06 bits per heavy atom. The molecule has 1 aromatic carbocycles. The maximum Gasteiger partial charge on any atom is 0.158 e. The van der Waals surface area contributed by atoms with Crippen LogP contribution in [-0.2, 0) is 26.7 Å². The van der Waals surface area contributed by atoms with Gasteiger partial charge in [-0.05, 0) is 36.0 Å². The molecule has 0 spiro atoms. The van der Waals surface area contributed by atoms with Gasteiger partial charge in [0.15, 0.2) is 6.29 Å². The van der Waals surface area contributed by atoms with Crippen LogP contribution in [-0.4, -0.2) is 12.9 Å². The van der Waals surface area contributed by atoms with Crippen LogP contribution in [0, 0.1) is 0 Å². The monoisotopic (exact) mass is 376 g/mol. The van der Waals surface area contributed by atoms with E-state index in [0.29, 0.717) is 6.61 Å². The van der Waals surface area contributed by atoms with Crippen molar-refractivity contribution in [1.29, 1.82) is 0 Å². The van der Waals surface area contributed by atoms with Crippen molar-refractivity contribution in [3.8, 4) is 0 Å². The van der Waals surface area contributed by atoms with Gasteiger partial charge in [0.2, 0.25) is 0 Å². The van der Waals surface area contributed by atoms with E-state index in [1.165, 1.54) is 23.1 Å². The Hall–Kier alpha value is 0.1000. The number of halogens is 2. The second kappa shape index (κ2) is 7.63. The molecule has 0 N–H and O–H groups in total. The number of benzene rings is 1. The minimum atomic E-state index is -0.0159. The van der Waals surface area contributed by atoms with Crippen molar-refractivity contribution in [3.63, 3.8) is 0 Å². The Labute approximate surface area is 125 Å². The van der Waals surface area contributed by atoms with Crippen molar-refractivity contribution in [3.05, 3.63) is 34.9 Å². The molecule has 0 aromatic heterocycles. The van der Waals surface area contributed by atoms with Gasteiger partial charge in [0.25, 0.3) is 0 Å². The lowest BCUT2D eigenvalue weighted by atomic mass is 10.1. The summed E-state index contributed by atoms with van der Waals surface area (Å²) < 4.78 is 11.4. The third kappa shape index (κ3) is 4.05. The first kappa shape index (κ1) is 14.5. The third-order valence-electron chi connectivity index (χ3n) is 3.13. The molecule has 0 amide bonds. The smallest absolute Gasteiger partial charge is 0.158 e. The number of hydrogen-bond donors (Lipinski definition) is 0. The van der Waals surface area contributed by atoms with E-state index in [4.69, 9.17) is 9.47 Å². The highest BCUT2D eigenvalue weighted by atomic mass is 79.9. The SMILES string of the molecule is BrCc1ccc(COC2CCCCO2)c(CBr)c1. The van der Waals surface area contributed by atoms with Crippen LogP contribution in [0.25, 0.3) is 0 Å². The van der Waals surface area contributed by atoms with Gasteiger partial charge < -0.3 is 9.47 Å². The highest BCUT2D eigenvalue weighted by Gasteiger charge is 2.14. The molecule has 1 aliphatic rings. The molecule has 1 aromatic rings. The summed E-state index contributed by atoms with van der Waals surface area (Å²) in [7, 11) is 0. The summed E-state index contributed by atoms with van der Waals surface area (Å²) in [6, 6.07) is 6.50. The Balaban J connectivity index is 1.95. The second-order valence-corrected chi connectivity index (χ2v) is 5.60. The topological polar surface area (TPSA) is 18.5 Å². The van der Waals surface area contributed by atoms with Gasteiger partial charge in [-0.15, -0.1) is 0 Å². The molecule has 0 radical (unpaired) electrons. The van der Waals surface area contributed by atoms with E-state index in [1.807, 2.05) is 0 Å². The zero-order valence-corrected chi connectivity index (χ0v) is 13.5. The molecule has 4 heteroatoms. The standard InChI is InChI=1S/C14H18Br2O2/c15-8-11-4-5-12(13(7-11)9-16)10-18-14-3-1-2-6-17-14/h4-5,7,14H,1-3,6,8-10H2. The molecule has 1 heterocycles. The van der Waals surface area contributed by atoms with Gasteiger partial charge in [-0.1, -0.05) is 50.1 Å². The van der Waals surface area contributed by atoms with Gasteiger partial charge in [0.1, 0.15) is 0 Å². The first-order valence-corrected chi connectivity index (χ1v) is 8.53. The van der Waals surface area contributed by atoms with Crippen molar-refractivity contribution in [2.75, 3.05) is 6.61 Å². The molecule has 1 saturated heterocycles. The fourth-order valence-corrected chi connectivity index (χ4v) is 2.92. The van der Waals surface area contributed by atoms with Crippen LogP contribution in [0.1, 0.15) is 36.0 Å². The van der Waals surface area contributed by atoms with E-state index in [2.05, 4.69) is 50.1 Å². The van der Waals surface area contributed by atoms with Gasteiger partial charge in [0, 0.05) is 17.3 Å². The second-order valence-electron chi connectivity index (χ2n) is 4.48. The number of ether oxygens (including phenoxy) is 2. The zero-order chi connectivity index (χ0) is 12.8. The van der Waals surface area contributed by atoms with Crippen LogP contribution >= 0.6 is 31.9 Å². The lowest BCUT2D eigenvalue weighted by molar-refractivity contribution is -0.169. The van der Waals surface area contributed by atoms with E-state index < -0.39 is 0 Å². The largest absolute Gasteiger partial charge is 0.353 e. The Morgan fingerprint density at radius 3 is 2.72 bits per heavy atom. The maximum atomic E-state index is 5.83. The van der Waals surface area contributed by atoms with E-state index in [0.717, 1.165) is 30.1 Å². The molecule has 2 rings (SSSR count). The zero-order valence-electron chi connectivity index (χ0n) is 10.3. The predicted octanol–water partition coefficient (Wildman–Crippen LogP) is 4.52. The average molecular weight is 378 g/mol. The fraction of sp³-hybridized carbons (Fsp3) is 0.571. The van der Waals surface area contributed by atoms with Crippen molar-refractivity contribution in [1.82, 2.24) is 0 Å². The van der Waals surface area contributed by atoms with E-state index in [1.54, 1.807) is 0 Å². The summed E-state index contributed by atoms with van der Waals surface area (Å²) >= 11 is 7.02. The van der Waals surface area contributed by atoms with E-state index >= 15 is 0 Å². The van der Waals surface area contributed by atoms with E-state index in [-0.39, 0.29) is 6.29 Å². The fourth-order valence-electron chi connectivity index (χ4n) is 2.05. The first-order chi connectivity index (χ1) is 8.83. The highest BCUT2D eigenvalue weighted by molar-refractivity contribution is 9.08. The Morgan fingerprint density at radius 1 is 1.17 bits per heavy atom. The Kier molecular flexibility index (Phi) is 6.15. The quantitative estimate of drug-likeness (QED) is 0.702. The van der Waals surface area contributed by atoms with Crippen molar-refractivity contribution < 1.29 is 9.47 Å². The molecule has 1 unspecified atom stereocenters. The minimum absolute atomic E-state index is 0.0159. The minimum Gasteiger partial charge on any atom is -0.353 e. The molecule has 2 nitrogen and oxygen atoms in total. The van der Waals surface area contributed by atoms with Gasteiger partial charge >= 0.3 is 0 Å². The van der Waals surface area contributed by atoms with Crippen LogP contribution < -0.4 is 0 Å². The normalized spacial score (nSPS) is 20.0. The van der Waals surface area contributed by atoms with Gasteiger partial charge in [0.05, 0.1) is 6.61 Å². The maximum absolute atomic E-state index is 5.83. The lowest BCUT2D eigenvalue weighted by Gasteiger charge is -2.23. The summed E-state index contributed by atoms with van der Waals surface area (Å²) in [4.78, 5) is 0. The summed E-state index contributed by atoms with van der Waals surface area (Å²) in [6.45, 7) is 1.46. The summed E-state index contributed by atoms with van der Waals surface area (Å²) in [6.07, 6.45) is 3.37. The molecular weight excluding hydrogens is 360 g/mol. The van der Waals surface area contributed by atoms with Crippen molar-refractivity contribution >= 4 is 31.9 Å². The van der Waals surface area contributed by atoms with Gasteiger partial charge in [-0.2, -0.15) is 0 Å². The summed E-state index contributed by atoms with van der Waals surface area (Å²) in [5, 5.41) is 1.75. The number of hydrogen-bond acceptors (Lipinski definition) is 2. The molecule has 1 atom stereocenters. The molecule has 100 valence electrons. The number of alkyl halides is 2. The van der Waals surface area contributed by atoms with Gasteiger partial charge in [-0.3, -0.25) is 0 Å². The molecule has 0 bridgehead atoms. The molecular formula is C14H18Br2O2. The molecule has 18 heavy (non-hydrogen) atoms. The van der Waals surface area contributed by atoms with E-state index in [9.17, 15) is 0 Å². The van der Waals surface area contributed by atoms with Crippen LogP contribution in [0.4, 0.5) is 0 Å². The third-order valence-corrected chi connectivity index (χ3v) is 4.38. The van der Waals surface area contributed by atoms with Crippen molar-refractivity contribution in [2.45, 2.75) is 42.8 Å². The van der Waals surface area contributed by atoms with Gasteiger partial charge in [-0.25, -0.2) is 0 Å². The summed E-state index contributed by atoms with van der Waals surface area (Å²) in [5.74, 6) is 0. The van der Waals surface area contributed by atoms with Crippen LogP contribution in [0.5, 0.6) is 0 Å². The van der Waals surface area contributed by atoms with Crippen molar-refractivity contribution in [2.24, 2.45) is 0 Å². The Bertz CT molecular complexity index is 376.